The lowest BCUT2D eigenvalue weighted by Crippen LogP contribution is -2.18. The third-order valence-corrected chi connectivity index (χ3v) is 2.23. The molecule has 0 aliphatic carbocycles. The summed E-state index contributed by atoms with van der Waals surface area (Å²) < 4.78 is 17.7. The van der Waals surface area contributed by atoms with E-state index in [9.17, 15) is 4.39 Å². The number of hydrogen-bond donors (Lipinski definition) is 1. The van der Waals surface area contributed by atoms with Crippen molar-refractivity contribution in [2.75, 3.05) is 19.0 Å². The van der Waals surface area contributed by atoms with Crippen LogP contribution >= 0.6 is 11.6 Å². The normalized spacial score (nSPS) is 12.6. The lowest BCUT2D eigenvalue weighted by Gasteiger charge is -2.12. The molecule has 0 aromatic heterocycles. The van der Waals surface area contributed by atoms with Gasteiger partial charge in [-0.15, -0.1) is 0 Å². The minimum Gasteiger partial charge on any atom is -0.381 e. The highest BCUT2D eigenvalue weighted by atomic mass is 35.5. The van der Waals surface area contributed by atoms with Crippen LogP contribution in [0.25, 0.3) is 0 Å². The first-order valence-corrected chi connectivity index (χ1v) is 4.73. The molecule has 78 valence electrons. The van der Waals surface area contributed by atoms with Crippen LogP contribution in [0.1, 0.15) is 6.92 Å². The van der Waals surface area contributed by atoms with Crippen LogP contribution < -0.4 is 5.32 Å². The van der Waals surface area contributed by atoms with E-state index < -0.39 is 0 Å². The Morgan fingerprint density at radius 2 is 2.29 bits per heavy atom. The molecule has 1 aromatic rings. The van der Waals surface area contributed by atoms with Crippen molar-refractivity contribution in [3.63, 3.8) is 0 Å². The summed E-state index contributed by atoms with van der Waals surface area (Å²) in [6, 6.07) is 4.26. The summed E-state index contributed by atoms with van der Waals surface area (Å²) >= 11 is 5.81. The van der Waals surface area contributed by atoms with Crippen LogP contribution in [0.15, 0.2) is 18.2 Å². The van der Waals surface area contributed by atoms with Crippen molar-refractivity contribution < 1.29 is 9.13 Å². The van der Waals surface area contributed by atoms with Crippen molar-refractivity contribution in [1.29, 1.82) is 0 Å². The van der Waals surface area contributed by atoms with Crippen LogP contribution in [0, 0.1) is 5.82 Å². The fraction of sp³-hybridized carbons (Fsp3) is 0.400. The van der Waals surface area contributed by atoms with Crippen LogP contribution in [0.5, 0.6) is 0 Å². The van der Waals surface area contributed by atoms with Crippen LogP contribution in [-0.2, 0) is 4.74 Å². The Bertz CT molecular complexity index is 306. The molecule has 14 heavy (non-hydrogen) atoms. The highest BCUT2D eigenvalue weighted by molar-refractivity contribution is 6.33. The Hall–Kier alpha value is -0.800. The maximum absolute atomic E-state index is 12.7. The quantitative estimate of drug-likeness (QED) is 0.838. The number of nitrogens with one attached hydrogen (secondary N) is 1. The first-order chi connectivity index (χ1) is 6.63. The third-order valence-electron chi connectivity index (χ3n) is 1.91. The van der Waals surface area contributed by atoms with E-state index >= 15 is 0 Å². The number of anilines is 1. The summed E-state index contributed by atoms with van der Waals surface area (Å²) in [5, 5.41) is 3.45. The molecule has 4 heteroatoms. The molecule has 1 N–H and O–H groups in total. The van der Waals surface area contributed by atoms with Gasteiger partial charge in [0.1, 0.15) is 5.82 Å². The average Bonchev–Trinajstić information content (AvgIpc) is 2.16. The molecular formula is C10H13ClFNO. The molecule has 0 aliphatic rings. The van der Waals surface area contributed by atoms with Gasteiger partial charge < -0.3 is 10.1 Å². The molecule has 0 amide bonds. The summed E-state index contributed by atoms with van der Waals surface area (Å²) in [5.41, 5.74) is 0.719. The molecule has 0 fully saturated rings. The molecule has 0 aliphatic heterocycles. The monoisotopic (exact) mass is 217 g/mol. The SMILES string of the molecule is COC(C)CNc1ccc(F)cc1Cl. The van der Waals surface area contributed by atoms with Gasteiger partial charge in [-0.25, -0.2) is 4.39 Å². The second-order valence-corrected chi connectivity index (χ2v) is 3.46. The molecule has 1 atom stereocenters. The summed E-state index contributed by atoms with van der Waals surface area (Å²) in [7, 11) is 1.64. The van der Waals surface area contributed by atoms with Gasteiger partial charge in [-0.05, 0) is 25.1 Å². The van der Waals surface area contributed by atoms with Gasteiger partial charge in [-0.2, -0.15) is 0 Å². The Labute approximate surface area is 88.0 Å². The van der Waals surface area contributed by atoms with E-state index in [2.05, 4.69) is 5.32 Å². The van der Waals surface area contributed by atoms with Crippen molar-refractivity contribution in [1.82, 2.24) is 0 Å². The van der Waals surface area contributed by atoms with E-state index in [-0.39, 0.29) is 11.9 Å². The molecule has 0 saturated carbocycles. The van der Waals surface area contributed by atoms with Gasteiger partial charge in [0.05, 0.1) is 16.8 Å². The average molecular weight is 218 g/mol. The van der Waals surface area contributed by atoms with Gasteiger partial charge in [-0.3, -0.25) is 0 Å². The summed E-state index contributed by atoms with van der Waals surface area (Å²) in [6.07, 6.45) is 0.0936. The first kappa shape index (κ1) is 11.3. The third kappa shape index (κ3) is 3.16. The standard InChI is InChI=1S/C10H13ClFNO/c1-7(14-2)6-13-10-4-3-8(12)5-9(10)11/h3-5,7,13H,6H2,1-2H3. The Morgan fingerprint density at radius 1 is 1.57 bits per heavy atom. The number of halogens is 2. The van der Waals surface area contributed by atoms with Crippen molar-refractivity contribution in [3.05, 3.63) is 29.0 Å². The van der Waals surface area contributed by atoms with Gasteiger partial charge in [-0.1, -0.05) is 11.6 Å². The zero-order chi connectivity index (χ0) is 10.6. The first-order valence-electron chi connectivity index (χ1n) is 4.35. The van der Waals surface area contributed by atoms with Gasteiger partial charge >= 0.3 is 0 Å². The maximum Gasteiger partial charge on any atom is 0.124 e. The van der Waals surface area contributed by atoms with Gasteiger partial charge in [0, 0.05) is 13.7 Å². The fourth-order valence-electron chi connectivity index (χ4n) is 0.970. The Morgan fingerprint density at radius 3 is 2.86 bits per heavy atom. The van der Waals surface area contributed by atoms with E-state index in [4.69, 9.17) is 16.3 Å². The lowest BCUT2D eigenvalue weighted by molar-refractivity contribution is 0.129. The van der Waals surface area contributed by atoms with Crippen molar-refractivity contribution >= 4 is 17.3 Å². The minimum absolute atomic E-state index is 0.0936. The molecule has 0 saturated heterocycles. The van der Waals surface area contributed by atoms with Gasteiger partial charge in [0.2, 0.25) is 0 Å². The van der Waals surface area contributed by atoms with Crippen molar-refractivity contribution in [3.8, 4) is 0 Å². The smallest absolute Gasteiger partial charge is 0.124 e. The topological polar surface area (TPSA) is 21.3 Å². The highest BCUT2D eigenvalue weighted by Crippen LogP contribution is 2.22. The van der Waals surface area contributed by atoms with Crippen molar-refractivity contribution in [2.45, 2.75) is 13.0 Å². The second-order valence-electron chi connectivity index (χ2n) is 3.05. The Balaban J connectivity index is 2.59. The molecular weight excluding hydrogens is 205 g/mol. The van der Waals surface area contributed by atoms with E-state index in [1.807, 2.05) is 6.92 Å². The van der Waals surface area contributed by atoms with Crippen LogP contribution in [0.4, 0.5) is 10.1 Å². The zero-order valence-corrected chi connectivity index (χ0v) is 8.94. The number of hydrogen-bond acceptors (Lipinski definition) is 2. The van der Waals surface area contributed by atoms with E-state index in [0.717, 1.165) is 5.69 Å². The fourth-order valence-corrected chi connectivity index (χ4v) is 1.20. The second kappa shape index (κ2) is 5.17. The van der Waals surface area contributed by atoms with Gasteiger partial charge in [0.15, 0.2) is 0 Å². The van der Waals surface area contributed by atoms with Crippen LogP contribution in [0.3, 0.4) is 0 Å². The van der Waals surface area contributed by atoms with Gasteiger partial charge in [0.25, 0.3) is 0 Å². The maximum atomic E-state index is 12.7. The molecule has 1 aromatic carbocycles. The molecule has 0 spiro atoms. The minimum atomic E-state index is -0.333. The highest BCUT2D eigenvalue weighted by Gasteiger charge is 2.03. The summed E-state index contributed by atoms with van der Waals surface area (Å²) in [5.74, 6) is -0.333. The number of ether oxygens (including phenoxy) is 1. The molecule has 0 radical (unpaired) electrons. The number of benzene rings is 1. The molecule has 1 rings (SSSR count). The summed E-state index contributed by atoms with van der Waals surface area (Å²) in [6.45, 7) is 2.58. The summed E-state index contributed by atoms with van der Waals surface area (Å²) in [4.78, 5) is 0. The largest absolute Gasteiger partial charge is 0.381 e. The predicted molar refractivity (Wildman–Crippen MR) is 56.4 cm³/mol. The Kier molecular flexibility index (Phi) is 4.17. The van der Waals surface area contributed by atoms with Crippen LogP contribution in [-0.4, -0.2) is 19.8 Å². The molecule has 1 unspecified atom stereocenters. The van der Waals surface area contributed by atoms with Crippen LogP contribution in [0.2, 0.25) is 5.02 Å². The zero-order valence-electron chi connectivity index (χ0n) is 8.18. The molecule has 0 heterocycles. The van der Waals surface area contributed by atoms with E-state index in [1.54, 1.807) is 13.2 Å². The van der Waals surface area contributed by atoms with E-state index in [1.165, 1.54) is 12.1 Å². The predicted octanol–water partition coefficient (Wildman–Crippen LogP) is 2.93. The lowest BCUT2D eigenvalue weighted by atomic mass is 10.3. The number of methoxy groups -OCH3 is 1. The van der Waals surface area contributed by atoms with Crippen molar-refractivity contribution in [2.24, 2.45) is 0 Å². The molecule has 2 nitrogen and oxygen atoms in total. The molecule has 0 bridgehead atoms. The van der Waals surface area contributed by atoms with E-state index in [0.29, 0.717) is 11.6 Å². The number of rotatable bonds is 4.